The molecule has 0 aromatic rings. The van der Waals surface area contributed by atoms with Crippen LogP contribution in [0, 0.1) is 0 Å². The molecule has 0 saturated heterocycles. The second kappa shape index (κ2) is 45.3. The monoisotopic (exact) mass is 778 g/mol. The smallest absolute Gasteiger partial charge is 0.305 e. The molecular weight excluding hydrogens is 683 g/mol. The summed E-state index contributed by atoms with van der Waals surface area (Å²) in [7, 11) is 0. The zero-order chi connectivity index (χ0) is 40.1. The van der Waals surface area contributed by atoms with Crippen molar-refractivity contribution in [1.82, 2.24) is 5.32 Å². The van der Waals surface area contributed by atoms with Crippen molar-refractivity contribution in [2.24, 2.45) is 0 Å². The lowest BCUT2D eigenvalue weighted by molar-refractivity contribution is -0.143. The molecule has 3 N–H and O–H groups in total. The van der Waals surface area contributed by atoms with E-state index in [0.29, 0.717) is 19.4 Å². The van der Waals surface area contributed by atoms with Gasteiger partial charge in [-0.1, -0.05) is 231 Å². The average molecular weight is 778 g/mol. The Morgan fingerprint density at radius 3 is 1.24 bits per heavy atom. The van der Waals surface area contributed by atoms with E-state index in [0.717, 1.165) is 57.8 Å². The number of amides is 1. The predicted octanol–water partition coefficient (Wildman–Crippen LogP) is 14.2. The van der Waals surface area contributed by atoms with E-state index in [-0.39, 0.29) is 18.5 Å². The highest BCUT2D eigenvalue weighted by Crippen LogP contribution is 2.16. The molecule has 0 heterocycles. The van der Waals surface area contributed by atoms with Crippen LogP contribution in [0.15, 0.2) is 12.2 Å². The highest BCUT2D eigenvalue weighted by molar-refractivity contribution is 5.76. The van der Waals surface area contributed by atoms with Crippen LogP contribution in [-0.2, 0) is 14.3 Å². The Labute approximate surface area is 342 Å². The van der Waals surface area contributed by atoms with Crippen molar-refractivity contribution in [2.45, 2.75) is 276 Å². The van der Waals surface area contributed by atoms with Gasteiger partial charge in [0.05, 0.1) is 25.4 Å². The maximum absolute atomic E-state index is 12.4. The van der Waals surface area contributed by atoms with Gasteiger partial charge in [-0.3, -0.25) is 9.59 Å². The maximum Gasteiger partial charge on any atom is 0.305 e. The standard InChI is InChI=1S/C49H95NO5/c1-3-5-7-9-11-13-15-17-18-19-20-22-27-31-35-39-43-49(54)55-44-40-36-32-28-24-23-26-30-34-38-42-48(53)50-46(45-51)47(52)41-37-33-29-25-21-16-14-12-10-8-6-4-2/h37,41,46-47,51-52H,3-36,38-40,42-45H2,1-2H3,(H,50,53)/b41-37+. The van der Waals surface area contributed by atoms with E-state index in [1.807, 2.05) is 6.08 Å². The Bertz CT molecular complexity index is 817. The van der Waals surface area contributed by atoms with E-state index in [4.69, 9.17) is 4.74 Å². The van der Waals surface area contributed by atoms with E-state index < -0.39 is 12.1 Å². The topological polar surface area (TPSA) is 95.9 Å². The normalized spacial score (nSPS) is 12.7. The summed E-state index contributed by atoms with van der Waals surface area (Å²) in [6.07, 6.45) is 50.6. The van der Waals surface area contributed by atoms with Crippen LogP contribution < -0.4 is 5.32 Å². The molecule has 0 aliphatic heterocycles. The number of carbonyl (C=O) groups excluding carboxylic acids is 2. The summed E-state index contributed by atoms with van der Waals surface area (Å²) in [4.78, 5) is 24.4. The van der Waals surface area contributed by atoms with Gasteiger partial charge in [0.25, 0.3) is 0 Å². The molecule has 0 aliphatic carbocycles. The maximum atomic E-state index is 12.4. The molecular formula is C49H95NO5. The molecule has 0 radical (unpaired) electrons. The second-order valence-electron chi connectivity index (χ2n) is 16.8. The van der Waals surface area contributed by atoms with Gasteiger partial charge < -0.3 is 20.3 Å². The molecule has 1 amide bonds. The Balaban J connectivity index is 3.48. The SMILES string of the molecule is CCCCCCCCCCCC/C=C/C(O)C(CO)NC(=O)CCCCCCCCCCCCOC(=O)CCCCCCCCCCCCCCCCCC. The highest BCUT2D eigenvalue weighted by Gasteiger charge is 2.18. The molecule has 6 nitrogen and oxygen atoms in total. The number of carbonyl (C=O) groups is 2. The minimum atomic E-state index is -0.856. The van der Waals surface area contributed by atoms with Crippen molar-refractivity contribution in [3.05, 3.63) is 12.2 Å². The Hall–Kier alpha value is -1.40. The number of aliphatic hydroxyl groups excluding tert-OH is 2. The first kappa shape index (κ1) is 53.6. The number of allylic oxidation sites excluding steroid dienone is 1. The molecule has 326 valence electrons. The van der Waals surface area contributed by atoms with Gasteiger partial charge in [-0.15, -0.1) is 0 Å². The fraction of sp³-hybridized carbons (Fsp3) is 0.918. The van der Waals surface area contributed by atoms with Crippen molar-refractivity contribution < 1.29 is 24.5 Å². The summed E-state index contributed by atoms with van der Waals surface area (Å²) in [5.74, 6) is -0.108. The summed E-state index contributed by atoms with van der Waals surface area (Å²) >= 11 is 0. The third-order valence-corrected chi connectivity index (χ3v) is 11.3. The van der Waals surface area contributed by atoms with E-state index in [1.54, 1.807) is 6.08 Å². The van der Waals surface area contributed by atoms with E-state index in [2.05, 4.69) is 19.2 Å². The lowest BCUT2D eigenvalue weighted by Crippen LogP contribution is -2.45. The third kappa shape index (κ3) is 42.0. The molecule has 2 atom stereocenters. The van der Waals surface area contributed by atoms with Gasteiger partial charge in [-0.2, -0.15) is 0 Å². The van der Waals surface area contributed by atoms with Crippen LogP contribution in [0.2, 0.25) is 0 Å². The number of ether oxygens (including phenoxy) is 1. The van der Waals surface area contributed by atoms with Gasteiger partial charge in [0.2, 0.25) is 5.91 Å². The van der Waals surface area contributed by atoms with E-state index in [1.165, 1.54) is 180 Å². The van der Waals surface area contributed by atoms with Gasteiger partial charge >= 0.3 is 5.97 Å². The molecule has 0 bridgehead atoms. The summed E-state index contributed by atoms with van der Waals surface area (Å²) < 4.78 is 5.46. The predicted molar refractivity (Wildman–Crippen MR) is 237 cm³/mol. The average Bonchev–Trinajstić information content (AvgIpc) is 3.18. The summed E-state index contributed by atoms with van der Waals surface area (Å²) in [5, 5.41) is 23.0. The second-order valence-corrected chi connectivity index (χ2v) is 16.8. The number of esters is 1. The van der Waals surface area contributed by atoms with Crippen LogP contribution in [0.1, 0.15) is 264 Å². The van der Waals surface area contributed by atoms with Crippen LogP contribution in [0.4, 0.5) is 0 Å². The van der Waals surface area contributed by atoms with Crippen molar-refractivity contribution in [3.63, 3.8) is 0 Å². The molecule has 0 spiro atoms. The molecule has 0 rings (SSSR count). The zero-order valence-corrected chi connectivity index (χ0v) is 36.9. The van der Waals surface area contributed by atoms with Gasteiger partial charge in [0.1, 0.15) is 0 Å². The van der Waals surface area contributed by atoms with Crippen LogP contribution in [0.3, 0.4) is 0 Å². The first-order valence-corrected chi connectivity index (χ1v) is 24.5. The lowest BCUT2D eigenvalue weighted by atomic mass is 10.0. The summed E-state index contributed by atoms with van der Waals surface area (Å²) in [6.45, 7) is 4.85. The minimum Gasteiger partial charge on any atom is -0.466 e. The quantitative estimate of drug-likeness (QED) is 0.0325. The molecule has 2 unspecified atom stereocenters. The van der Waals surface area contributed by atoms with Gasteiger partial charge in [-0.05, 0) is 32.1 Å². The number of hydrogen-bond donors (Lipinski definition) is 3. The Morgan fingerprint density at radius 2 is 0.836 bits per heavy atom. The van der Waals surface area contributed by atoms with Crippen molar-refractivity contribution in [1.29, 1.82) is 0 Å². The minimum absolute atomic E-state index is 0.0178. The number of unbranched alkanes of at least 4 members (excludes halogenated alkanes) is 34. The molecule has 0 aromatic carbocycles. The molecule has 6 heteroatoms. The molecule has 0 saturated carbocycles. The number of hydrogen-bond acceptors (Lipinski definition) is 5. The Morgan fingerprint density at radius 1 is 0.491 bits per heavy atom. The number of rotatable bonds is 45. The van der Waals surface area contributed by atoms with Crippen LogP contribution in [0.5, 0.6) is 0 Å². The molecule has 0 aliphatic rings. The van der Waals surface area contributed by atoms with Crippen molar-refractivity contribution in [3.8, 4) is 0 Å². The lowest BCUT2D eigenvalue weighted by Gasteiger charge is -2.20. The number of aliphatic hydroxyl groups is 2. The van der Waals surface area contributed by atoms with Gasteiger partial charge in [0, 0.05) is 12.8 Å². The van der Waals surface area contributed by atoms with Gasteiger partial charge in [0.15, 0.2) is 0 Å². The summed E-state index contributed by atoms with van der Waals surface area (Å²) in [5.41, 5.74) is 0. The molecule has 0 fully saturated rings. The molecule has 0 aromatic heterocycles. The largest absolute Gasteiger partial charge is 0.466 e. The van der Waals surface area contributed by atoms with Gasteiger partial charge in [-0.25, -0.2) is 0 Å². The first-order valence-electron chi connectivity index (χ1n) is 24.5. The van der Waals surface area contributed by atoms with E-state index >= 15 is 0 Å². The molecule has 55 heavy (non-hydrogen) atoms. The number of nitrogens with one attached hydrogen (secondary N) is 1. The highest BCUT2D eigenvalue weighted by atomic mass is 16.5. The van der Waals surface area contributed by atoms with Crippen LogP contribution >= 0.6 is 0 Å². The van der Waals surface area contributed by atoms with Crippen molar-refractivity contribution in [2.75, 3.05) is 13.2 Å². The third-order valence-electron chi connectivity index (χ3n) is 11.3. The fourth-order valence-corrected chi connectivity index (χ4v) is 7.51. The van der Waals surface area contributed by atoms with Crippen LogP contribution in [0.25, 0.3) is 0 Å². The zero-order valence-electron chi connectivity index (χ0n) is 36.9. The van der Waals surface area contributed by atoms with E-state index in [9.17, 15) is 19.8 Å². The first-order chi connectivity index (χ1) is 27.0. The van der Waals surface area contributed by atoms with Crippen LogP contribution in [-0.4, -0.2) is 47.4 Å². The summed E-state index contributed by atoms with van der Waals surface area (Å²) in [6, 6.07) is -0.642. The Kier molecular flexibility index (Phi) is 44.2. The van der Waals surface area contributed by atoms with Crippen molar-refractivity contribution >= 4 is 11.9 Å². The fourth-order valence-electron chi connectivity index (χ4n) is 7.51.